The maximum absolute atomic E-state index is 13.8. The molecule has 0 aliphatic rings. The van der Waals surface area contributed by atoms with Crippen molar-refractivity contribution in [1.82, 2.24) is 42.5 Å². The van der Waals surface area contributed by atoms with Crippen molar-refractivity contribution in [1.29, 1.82) is 0 Å². The van der Waals surface area contributed by atoms with Gasteiger partial charge in [0.15, 0.2) is 0 Å². The molecular formula is C42H76N10O14S. The Morgan fingerprint density at radius 3 is 1.48 bits per heavy atom. The Labute approximate surface area is 396 Å². The average molecular weight is 977 g/mol. The lowest BCUT2D eigenvalue weighted by Crippen LogP contribution is -2.62. The third-order valence-electron chi connectivity index (χ3n) is 10.8. The van der Waals surface area contributed by atoms with E-state index in [-0.39, 0.29) is 25.3 Å². The number of aliphatic hydroxyl groups is 2. The maximum Gasteiger partial charge on any atom is 0.326 e. The van der Waals surface area contributed by atoms with E-state index in [0.29, 0.717) is 25.0 Å². The monoisotopic (exact) mass is 977 g/mol. The first-order valence-electron chi connectivity index (χ1n) is 22.4. The molecule has 0 radical (unpaired) electrons. The van der Waals surface area contributed by atoms with Crippen LogP contribution in [-0.2, 0) is 47.9 Å². The van der Waals surface area contributed by atoms with Crippen LogP contribution in [0.2, 0.25) is 0 Å². The molecule has 0 aliphatic heterocycles. The summed E-state index contributed by atoms with van der Waals surface area (Å²) in [6.07, 6.45) is 0.678. The third-order valence-corrected chi connectivity index (χ3v) is 11.4. The van der Waals surface area contributed by atoms with Crippen molar-refractivity contribution >= 4 is 71.0 Å². The largest absolute Gasteiger partial charge is 0.481 e. The summed E-state index contributed by atoms with van der Waals surface area (Å²) in [5.41, 5.74) is 11.6. The second-order valence-corrected chi connectivity index (χ2v) is 18.1. The van der Waals surface area contributed by atoms with Crippen LogP contribution in [0.5, 0.6) is 0 Å². The number of carbonyl (C=O) groups excluding carboxylic acids is 8. The lowest BCUT2D eigenvalue weighted by Gasteiger charge is -2.29. The molecule has 8 amide bonds. The minimum absolute atomic E-state index is 0.0177. The minimum Gasteiger partial charge on any atom is -0.481 e. The van der Waals surface area contributed by atoms with E-state index in [1.807, 2.05) is 6.92 Å². The molecule has 0 unspecified atom stereocenters. The van der Waals surface area contributed by atoms with Crippen molar-refractivity contribution in [3.8, 4) is 0 Å². The van der Waals surface area contributed by atoms with Crippen LogP contribution in [-0.4, -0.2) is 165 Å². The van der Waals surface area contributed by atoms with Crippen molar-refractivity contribution in [3.05, 3.63) is 0 Å². The number of amides is 8. The molecule has 0 aromatic carbocycles. The van der Waals surface area contributed by atoms with Crippen LogP contribution < -0.4 is 54.0 Å². The van der Waals surface area contributed by atoms with Crippen molar-refractivity contribution < 1.29 is 68.4 Å². The van der Waals surface area contributed by atoms with E-state index in [0.717, 1.165) is 0 Å². The van der Waals surface area contributed by atoms with Crippen LogP contribution in [0, 0.1) is 17.8 Å². The fourth-order valence-electron chi connectivity index (χ4n) is 6.19. The number of hydrogen-bond acceptors (Lipinski definition) is 15. The first kappa shape index (κ1) is 61.9. The number of nitrogens with one attached hydrogen (secondary N) is 8. The van der Waals surface area contributed by atoms with Gasteiger partial charge in [0.1, 0.15) is 48.3 Å². The van der Waals surface area contributed by atoms with E-state index in [1.54, 1.807) is 27.0 Å². The molecule has 0 aromatic rings. The van der Waals surface area contributed by atoms with Crippen molar-refractivity contribution in [2.75, 3.05) is 25.2 Å². The highest BCUT2D eigenvalue weighted by Gasteiger charge is 2.36. The van der Waals surface area contributed by atoms with Gasteiger partial charge in [0.2, 0.25) is 47.3 Å². The van der Waals surface area contributed by atoms with Crippen molar-refractivity contribution in [3.63, 3.8) is 0 Å². The first-order chi connectivity index (χ1) is 31.3. The van der Waals surface area contributed by atoms with E-state index in [1.165, 1.54) is 39.5 Å². The number of aliphatic hydroxyl groups excluding tert-OH is 2. The number of nitrogens with two attached hydrogens (primary N) is 2. The van der Waals surface area contributed by atoms with Gasteiger partial charge in [0, 0.05) is 6.42 Å². The van der Waals surface area contributed by atoms with Crippen LogP contribution in [0.4, 0.5) is 0 Å². The van der Waals surface area contributed by atoms with Gasteiger partial charge < -0.3 is 74.4 Å². The smallest absolute Gasteiger partial charge is 0.326 e. The summed E-state index contributed by atoms with van der Waals surface area (Å²) >= 11 is 1.33. The summed E-state index contributed by atoms with van der Waals surface area (Å²) in [6, 6.07) is -12.3. The molecule has 0 bridgehead atoms. The van der Waals surface area contributed by atoms with Gasteiger partial charge >= 0.3 is 11.9 Å². The van der Waals surface area contributed by atoms with Gasteiger partial charge in [0.05, 0.1) is 18.8 Å². The molecule has 25 heteroatoms. The molecular weight excluding hydrogens is 901 g/mol. The number of unbranched alkanes of at least 4 members (excludes halogenated alkanes) is 1. The van der Waals surface area contributed by atoms with E-state index in [4.69, 9.17) is 11.5 Å². The normalized spacial score (nSPS) is 16.2. The summed E-state index contributed by atoms with van der Waals surface area (Å²) in [6.45, 7) is 11.6. The molecule has 0 aliphatic carbocycles. The number of carbonyl (C=O) groups is 10. The van der Waals surface area contributed by atoms with E-state index >= 15 is 0 Å². The number of rotatable bonds is 33. The van der Waals surface area contributed by atoms with Crippen LogP contribution in [0.15, 0.2) is 0 Å². The van der Waals surface area contributed by atoms with E-state index < -0.39 is 151 Å². The number of hydrogen-bond donors (Lipinski definition) is 14. The summed E-state index contributed by atoms with van der Waals surface area (Å²) in [4.78, 5) is 130. The van der Waals surface area contributed by atoms with Gasteiger partial charge in [-0.05, 0) is 82.3 Å². The van der Waals surface area contributed by atoms with E-state index in [9.17, 15) is 68.4 Å². The van der Waals surface area contributed by atoms with Crippen molar-refractivity contribution in [2.45, 2.75) is 161 Å². The lowest BCUT2D eigenvalue weighted by molar-refractivity contribution is -0.144. The Morgan fingerprint density at radius 1 is 0.552 bits per heavy atom. The Hall–Kier alpha value is -5.11. The predicted molar refractivity (Wildman–Crippen MR) is 247 cm³/mol. The zero-order valence-electron chi connectivity index (χ0n) is 40.0. The molecule has 0 heterocycles. The van der Waals surface area contributed by atoms with Gasteiger partial charge in [-0.25, -0.2) is 4.79 Å². The number of thioether (sulfide) groups is 1. The zero-order chi connectivity index (χ0) is 51.7. The van der Waals surface area contributed by atoms with Gasteiger partial charge in [-0.3, -0.25) is 43.2 Å². The molecule has 11 atom stereocenters. The standard InChI is InChI=1S/C42H76N10O14S/c1-10-22(6)30(44)39(62)52-33(24(8)54)41(64)45-23(7)34(57)46-27(16-18-67-9)36(59)49-28(19-53)38(61)50-31(20(2)3)40(63)48-25(13-11-12-17-43)35(58)47-26(14-15-29(55)56)37(60)51-32(21(4)5)42(65)66/h20-28,30-33,53-54H,10-19,43-44H2,1-9H3,(H,45,64)(H,46,57)(H,47,58)(H,48,63)(H,49,59)(H,50,61)(H,51,60)(H,52,62)(H,55,56)(H,65,66)/t22-,23-,24+,25-,26-,27-,28-,30-,31-,32-,33-/m0/s1. The Balaban J connectivity index is 6.19. The molecule has 16 N–H and O–H groups in total. The highest BCUT2D eigenvalue weighted by molar-refractivity contribution is 7.98. The number of carboxylic acid groups (broad SMARTS) is 2. The zero-order valence-corrected chi connectivity index (χ0v) is 40.8. The highest BCUT2D eigenvalue weighted by atomic mass is 32.2. The first-order valence-corrected chi connectivity index (χ1v) is 23.8. The average Bonchev–Trinajstić information content (AvgIpc) is 3.26. The maximum atomic E-state index is 13.8. The lowest BCUT2D eigenvalue weighted by atomic mass is 9.98. The van der Waals surface area contributed by atoms with Gasteiger partial charge in [-0.15, -0.1) is 0 Å². The predicted octanol–water partition coefficient (Wildman–Crippen LogP) is -3.23. The van der Waals surface area contributed by atoms with Crippen LogP contribution in [0.25, 0.3) is 0 Å². The quantitative estimate of drug-likeness (QED) is 0.0288. The molecule has 0 spiro atoms. The number of aliphatic carboxylic acids is 2. The third kappa shape index (κ3) is 22.5. The SMILES string of the molecule is CC[C@H](C)[C@H](N)C(=O)N[C@H](C(=O)N[C@@H](C)C(=O)N[C@@H](CCSC)C(=O)N[C@@H](CO)C(=O)N[C@H](C(=O)N[C@@H](CCCCN)C(=O)N[C@@H](CCC(=O)O)C(=O)N[C@H](C(=O)O)C(C)C)C(C)C)[C@@H](C)O. The van der Waals surface area contributed by atoms with Gasteiger partial charge in [0.25, 0.3) is 0 Å². The summed E-state index contributed by atoms with van der Waals surface area (Å²) in [7, 11) is 0. The molecule has 67 heavy (non-hydrogen) atoms. The summed E-state index contributed by atoms with van der Waals surface area (Å²) < 4.78 is 0. The Kier molecular flexibility index (Phi) is 29.4. The van der Waals surface area contributed by atoms with Crippen LogP contribution in [0.3, 0.4) is 0 Å². The Bertz CT molecular complexity index is 1670. The molecule has 0 fully saturated rings. The number of carboxylic acids is 2. The van der Waals surface area contributed by atoms with E-state index in [2.05, 4.69) is 42.5 Å². The molecule has 0 rings (SSSR count). The van der Waals surface area contributed by atoms with Crippen LogP contribution >= 0.6 is 11.8 Å². The molecule has 0 aromatic heterocycles. The molecule has 24 nitrogen and oxygen atoms in total. The van der Waals surface area contributed by atoms with Gasteiger partial charge in [-0.1, -0.05) is 48.0 Å². The van der Waals surface area contributed by atoms with Crippen LogP contribution in [0.1, 0.15) is 100 Å². The fraction of sp³-hybridized carbons (Fsp3) is 0.762. The fourth-order valence-corrected chi connectivity index (χ4v) is 6.66. The highest BCUT2D eigenvalue weighted by Crippen LogP contribution is 2.11. The summed E-state index contributed by atoms with van der Waals surface area (Å²) in [5, 5.41) is 58.8. The Morgan fingerprint density at radius 2 is 1.00 bits per heavy atom. The minimum atomic E-state index is -1.66. The topological polar surface area (TPSA) is 400 Å². The summed E-state index contributed by atoms with van der Waals surface area (Å²) in [5.74, 6) is -10.9. The van der Waals surface area contributed by atoms with Crippen molar-refractivity contribution in [2.24, 2.45) is 29.2 Å². The molecule has 384 valence electrons. The molecule has 0 saturated carbocycles. The second kappa shape index (κ2) is 31.8. The second-order valence-electron chi connectivity index (χ2n) is 17.1. The van der Waals surface area contributed by atoms with Gasteiger partial charge in [-0.2, -0.15) is 11.8 Å². The molecule has 0 saturated heterocycles.